The maximum Gasteiger partial charge on any atom is 0.147 e. The molecule has 2 aliphatic rings. The lowest BCUT2D eigenvalue weighted by Gasteiger charge is -2.26. The fourth-order valence-corrected chi connectivity index (χ4v) is 2.32. The highest BCUT2D eigenvalue weighted by Crippen LogP contribution is 2.36. The average Bonchev–Trinajstić information content (AvgIpc) is 2.56. The molecule has 2 nitrogen and oxygen atoms in total. The van der Waals surface area contributed by atoms with Crippen molar-refractivity contribution in [2.45, 2.75) is 18.4 Å². The van der Waals surface area contributed by atoms with Gasteiger partial charge in [-0.3, -0.25) is 0 Å². The van der Waals surface area contributed by atoms with Crippen LogP contribution in [0.25, 0.3) is 0 Å². The van der Waals surface area contributed by atoms with Crippen molar-refractivity contribution < 1.29 is 9.47 Å². The van der Waals surface area contributed by atoms with Crippen LogP contribution in [0.4, 0.5) is 0 Å². The van der Waals surface area contributed by atoms with Crippen LogP contribution in [0.15, 0.2) is 24.3 Å². The Labute approximate surface area is 77.5 Å². The number of hydrogen-bond donors (Lipinski definition) is 0. The number of hydrogen-bond acceptors (Lipinski definition) is 2. The summed E-state index contributed by atoms with van der Waals surface area (Å²) >= 11 is 0. The highest BCUT2D eigenvalue weighted by Gasteiger charge is 2.35. The van der Waals surface area contributed by atoms with E-state index in [2.05, 4.69) is 24.3 Å². The van der Waals surface area contributed by atoms with E-state index in [0.717, 1.165) is 13.0 Å². The minimum atomic E-state index is 0.367. The molecule has 0 amide bonds. The lowest BCUT2D eigenvalue weighted by Crippen LogP contribution is -2.29. The Kier molecular flexibility index (Phi) is 1.64. The lowest BCUT2D eigenvalue weighted by atomic mass is 10.0. The van der Waals surface area contributed by atoms with Gasteiger partial charge in [0.2, 0.25) is 0 Å². The molecule has 2 heteroatoms. The quantitative estimate of drug-likeness (QED) is 0.599. The first-order valence-corrected chi connectivity index (χ1v) is 4.72. The summed E-state index contributed by atoms with van der Waals surface area (Å²) in [5, 5.41) is 0. The SMILES string of the molecule is c1ccc2c(c1)C[C@H]1OCOC[C@@H]21. The van der Waals surface area contributed by atoms with Crippen molar-refractivity contribution in [2.75, 3.05) is 13.4 Å². The molecule has 1 heterocycles. The van der Waals surface area contributed by atoms with Gasteiger partial charge in [0.15, 0.2) is 0 Å². The van der Waals surface area contributed by atoms with Crippen molar-refractivity contribution in [1.82, 2.24) is 0 Å². The van der Waals surface area contributed by atoms with Gasteiger partial charge in [0.05, 0.1) is 12.7 Å². The van der Waals surface area contributed by atoms with Crippen molar-refractivity contribution in [3.05, 3.63) is 35.4 Å². The molecule has 2 atom stereocenters. The first-order valence-electron chi connectivity index (χ1n) is 4.72. The standard InChI is InChI=1S/C11H12O2/c1-2-4-9-8(3-1)5-11-10(9)6-12-7-13-11/h1-4,10-11H,5-7H2/t10-,11+/m0/s1. The largest absolute Gasteiger partial charge is 0.355 e. The maximum atomic E-state index is 5.56. The fourth-order valence-electron chi connectivity index (χ4n) is 2.32. The predicted octanol–water partition coefficient (Wildman–Crippen LogP) is 1.70. The van der Waals surface area contributed by atoms with Crippen LogP contribution in [0.5, 0.6) is 0 Å². The van der Waals surface area contributed by atoms with E-state index in [-0.39, 0.29) is 0 Å². The Bertz CT molecular complexity index is 322. The number of ether oxygens (including phenoxy) is 2. The predicted molar refractivity (Wildman–Crippen MR) is 48.6 cm³/mol. The van der Waals surface area contributed by atoms with Gasteiger partial charge in [-0.15, -0.1) is 0 Å². The third-order valence-electron chi connectivity index (χ3n) is 2.99. The van der Waals surface area contributed by atoms with E-state index in [0.29, 0.717) is 18.8 Å². The van der Waals surface area contributed by atoms with Gasteiger partial charge in [-0.25, -0.2) is 0 Å². The molecule has 0 spiro atoms. The van der Waals surface area contributed by atoms with E-state index in [1.54, 1.807) is 0 Å². The van der Waals surface area contributed by atoms with Gasteiger partial charge in [0, 0.05) is 5.92 Å². The summed E-state index contributed by atoms with van der Waals surface area (Å²) < 4.78 is 10.9. The van der Waals surface area contributed by atoms with Gasteiger partial charge in [-0.05, 0) is 17.5 Å². The van der Waals surface area contributed by atoms with Gasteiger partial charge >= 0.3 is 0 Å². The van der Waals surface area contributed by atoms with Crippen LogP contribution in [-0.2, 0) is 15.9 Å². The van der Waals surface area contributed by atoms with Crippen molar-refractivity contribution in [2.24, 2.45) is 0 Å². The first-order chi connectivity index (χ1) is 6.45. The summed E-state index contributed by atoms with van der Waals surface area (Å²) in [4.78, 5) is 0. The topological polar surface area (TPSA) is 18.5 Å². The monoisotopic (exact) mass is 176 g/mol. The Morgan fingerprint density at radius 2 is 2.15 bits per heavy atom. The van der Waals surface area contributed by atoms with E-state index in [1.807, 2.05) is 0 Å². The molecule has 0 aromatic heterocycles. The summed E-state index contributed by atoms with van der Waals surface area (Å²) in [7, 11) is 0. The summed E-state index contributed by atoms with van der Waals surface area (Å²) in [5.74, 6) is 0.477. The summed E-state index contributed by atoms with van der Waals surface area (Å²) in [6, 6.07) is 8.57. The Morgan fingerprint density at radius 1 is 1.23 bits per heavy atom. The van der Waals surface area contributed by atoms with E-state index in [4.69, 9.17) is 9.47 Å². The van der Waals surface area contributed by atoms with Gasteiger partial charge < -0.3 is 9.47 Å². The van der Waals surface area contributed by atoms with Crippen LogP contribution < -0.4 is 0 Å². The molecule has 68 valence electrons. The molecular weight excluding hydrogens is 164 g/mol. The van der Waals surface area contributed by atoms with Crippen LogP contribution >= 0.6 is 0 Å². The molecule has 13 heavy (non-hydrogen) atoms. The summed E-state index contributed by atoms with van der Waals surface area (Å²) in [6.45, 7) is 1.29. The lowest BCUT2D eigenvalue weighted by molar-refractivity contribution is -0.145. The van der Waals surface area contributed by atoms with Crippen LogP contribution in [0, 0.1) is 0 Å². The van der Waals surface area contributed by atoms with E-state index < -0.39 is 0 Å². The second-order valence-corrected chi connectivity index (χ2v) is 3.70. The zero-order valence-corrected chi connectivity index (χ0v) is 7.40. The van der Waals surface area contributed by atoms with Crippen LogP contribution in [0.1, 0.15) is 17.0 Å². The second kappa shape index (κ2) is 2.82. The van der Waals surface area contributed by atoms with Crippen molar-refractivity contribution in [3.63, 3.8) is 0 Å². The number of benzene rings is 1. The van der Waals surface area contributed by atoms with Crippen LogP contribution in [-0.4, -0.2) is 19.5 Å². The molecule has 1 saturated heterocycles. The minimum Gasteiger partial charge on any atom is -0.355 e. The molecule has 0 saturated carbocycles. The highest BCUT2D eigenvalue weighted by atomic mass is 16.7. The minimum absolute atomic E-state index is 0.367. The molecule has 0 radical (unpaired) electrons. The molecule has 3 rings (SSSR count). The molecule has 1 fully saturated rings. The number of rotatable bonds is 0. The molecule has 1 aromatic rings. The van der Waals surface area contributed by atoms with Crippen molar-refractivity contribution >= 4 is 0 Å². The van der Waals surface area contributed by atoms with Crippen LogP contribution in [0.2, 0.25) is 0 Å². The van der Waals surface area contributed by atoms with Crippen molar-refractivity contribution in [1.29, 1.82) is 0 Å². The van der Waals surface area contributed by atoms with Crippen LogP contribution in [0.3, 0.4) is 0 Å². The van der Waals surface area contributed by atoms with Gasteiger partial charge in [-0.2, -0.15) is 0 Å². The Hall–Kier alpha value is -0.860. The van der Waals surface area contributed by atoms with Crippen molar-refractivity contribution in [3.8, 4) is 0 Å². The van der Waals surface area contributed by atoms with Gasteiger partial charge in [0.25, 0.3) is 0 Å². The third kappa shape index (κ3) is 1.10. The zero-order valence-electron chi connectivity index (χ0n) is 7.40. The number of fused-ring (bicyclic) bond motifs is 3. The molecule has 1 aromatic carbocycles. The van der Waals surface area contributed by atoms with E-state index in [1.165, 1.54) is 11.1 Å². The summed E-state index contributed by atoms with van der Waals surface area (Å²) in [6.07, 6.45) is 1.43. The maximum absolute atomic E-state index is 5.56. The van der Waals surface area contributed by atoms with E-state index >= 15 is 0 Å². The van der Waals surface area contributed by atoms with Gasteiger partial charge in [-0.1, -0.05) is 24.3 Å². The third-order valence-corrected chi connectivity index (χ3v) is 2.99. The molecular formula is C11H12O2. The second-order valence-electron chi connectivity index (χ2n) is 3.70. The molecule has 1 aliphatic carbocycles. The highest BCUT2D eigenvalue weighted by molar-refractivity contribution is 5.37. The molecule has 0 N–H and O–H groups in total. The smallest absolute Gasteiger partial charge is 0.147 e. The Balaban J connectivity index is 2.01. The normalized spacial score (nSPS) is 31.1. The molecule has 1 aliphatic heterocycles. The summed E-state index contributed by atoms with van der Waals surface area (Å²) in [5.41, 5.74) is 2.86. The molecule has 0 bridgehead atoms. The van der Waals surface area contributed by atoms with E-state index in [9.17, 15) is 0 Å². The van der Waals surface area contributed by atoms with Gasteiger partial charge in [0.1, 0.15) is 6.79 Å². The average molecular weight is 176 g/mol. The first kappa shape index (κ1) is 7.54. The fraction of sp³-hybridized carbons (Fsp3) is 0.455. The Morgan fingerprint density at radius 3 is 3.15 bits per heavy atom. The zero-order chi connectivity index (χ0) is 8.67. The molecule has 0 unspecified atom stereocenters.